The first-order valence-corrected chi connectivity index (χ1v) is 6.79. The van der Waals surface area contributed by atoms with Gasteiger partial charge in [0.25, 0.3) is 0 Å². The fraction of sp³-hybridized carbons (Fsp3) is 0.533. The van der Waals surface area contributed by atoms with Crippen LogP contribution in [-0.4, -0.2) is 19.6 Å². The van der Waals surface area contributed by atoms with Crippen LogP contribution in [0.15, 0.2) is 24.3 Å². The van der Waals surface area contributed by atoms with Crippen LogP contribution in [0.4, 0.5) is 5.69 Å². The van der Waals surface area contributed by atoms with E-state index in [0.717, 1.165) is 36.9 Å². The average Bonchev–Trinajstić information content (AvgIpc) is 2.89. The minimum atomic E-state index is -0.364. The van der Waals surface area contributed by atoms with Gasteiger partial charge in [-0.2, -0.15) is 0 Å². The second-order valence-electron chi connectivity index (χ2n) is 5.28. The first-order valence-electron chi connectivity index (χ1n) is 6.79. The second kappa shape index (κ2) is 6.17. The predicted molar refractivity (Wildman–Crippen MR) is 75.7 cm³/mol. The van der Waals surface area contributed by atoms with E-state index >= 15 is 0 Å². The van der Waals surface area contributed by atoms with Gasteiger partial charge in [-0.15, -0.1) is 0 Å². The van der Waals surface area contributed by atoms with Crippen molar-refractivity contribution in [1.82, 2.24) is 0 Å². The average molecular weight is 262 g/mol. The first kappa shape index (κ1) is 14.0. The molecule has 1 fully saturated rings. The van der Waals surface area contributed by atoms with Crippen molar-refractivity contribution in [2.24, 2.45) is 11.1 Å². The van der Waals surface area contributed by atoms with E-state index in [1.165, 1.54) is 0 Å². The summed E-state index contributed by atoms with van der Waals surface area (Å²) in [5.41, 5.74) is 7.32. The fourth-order valence-corrected chi connectivity index (χ4v) is 2.74. The Balaban J connectivity index is 2.07. The van der Waals surface area contributed by atoms with Crippen LogP contribution in [0.3, 0.4) is 0 Å². The topological polar surface area (TPSA) is 64.3 Å². The lowest BCUT2D eigenvalue weighted by molar-refractivity contribution is -0.124. The summed E-state index contributed by atoms with van der Waals surface area (Å²) in [4.78, 5) is 12.4. The van der Waals surface area contributed by atoms with Gasteiger partial charge in [0.1, 0.15) is 0 Å². The molecule has 0 aromatic heterocycles. The molecule has 1 aliphatic rings. The highest BCUT2D eigenvalue weighted by molar-refractivity contribution is 5.95. The monoisotopic (exact) mass is 262 g/mol. The summed E-state index contributed by atoms with van der Waals surface area (Å²) in [5.74, 6) is 0.0575. The summed E-state index contributed by atoms with van der Waals surface area (Å²) in [6, 6.07) is 7.75. The molecule has 1 aromatic carbocycles. The molecule has 1 saturated carbocycles. The molecule has 3 N–H and O–H groups in total. The molecular formula is C15H22N2O2. The van der Waals surface area contributed by atoms with E-state index in [-0.39, 0.29) is 11.3 Å². The molecule has 4 nitrogen and oxygen atoms in total. The minimum absolute atomic E-state index is 0.0575. The van der Waals surface area contributed by atoms with E-state index in [2.05, 4.69) is 5.32 Å². The quantitative estimate of drug-likeness (QED) is 0.855. The highest BCUT2D eigenvalue weighted by atomic mass is 16.5. The summed E-state index contributed by atoms with van der Waals surface area (Å²) in [6.07, 6.45) is 3.98. The van der Waals surface area contributed by atoms with E-state index < -0.39 is 0 Å². The number of hydrogen-bond acceptors (Lipinski definition) is 3. The van der Waals surface area contributed by atoms with Gasteiger partial charge in [-0.05, 0) is 30.5 Å². The second-order valence-corrected chi connectivity index (χ2v) is 5.28. The molecule has 0 unspecified atom stereocenters. The Bertz CT molecular complexity index is 440. The smallest absolute Gasteiger partial charge is 0.231 e. The summed E-state index contributed by atoms with van der Waals surface area (Å²) in [7, 11) is 1.66. The van der Waals surface area contributed by atoms with Crippen molar-refractivity contribution in [3.05, 3.63) is 29.8 Å². The number of anilines is 1. The summed E-state index contributed by atoms with van der Waals surface area (Å²) < 4.78 is 5.10. The number of nitrogens with one attached hydrogen (secondary N) is 1. The molecule has 0 spiro atoms. The molecule has 4 heteroatoms. The number of methoxy groups -OCH3 is 1. The summed E-state index contributed by atoms with van der Waals surface area (Å²) >= 11 is 0. The number of ether oxygens (including phenoxy) is 1. The lowest BCUT2D eigenvalue weighted by Gasteiger charge is -2.25. The maximum Gasteiger partial charge on any atom is 0.231 e. The van der Waals surface area contributed by atoms with Crippen LogP contribution >= 0.6 is 0 Å². The van der Waals surface area contributed by atoms with Gasteiger partial charge in [-0.3, -0.25) is 4.79 Å². The largest absolute Gasteiger partial charge is 0.380 e. The van der Waals surface area contributed by atoms with Crippen molar-refractivity contribution in [2.45, 2.75) is 32.3 Å². The molecule has 2 rings (SSSR count). The van der Waals surface area contributed by atoms with Crippen LogP contribution in [0.2, 0.25) is 0 Å². The normalized spacial score (nSPS) is 17.4. The zero-order valence-corrected chi connectivity index (χ0v) is 11.4. The third kappa shape index (κ3) is 3.14. The molecular weight excluding hydrogens is 240 g/mol. The summed E-state index contributed by atoms with van der Waals surface area (Å²) in [5, 5.41) is 3.00. The van der Waals surface area contributed by atoms with Crippen molar-refractivity contribution in [3.8, 4) is 0 Å². The number of hydrogen-bond donors (Lipinski definition) is 2. The molecule has 1 amide bonds. The predicted octanol–water partition coefficient (Wildman–Crippen LogP) is 2.29. The van der Waals surface area contributed by atoms with Gasteiger partial charge in [0.05, 0.1) is 12.0 Å². The van der Waals surface area contributed by atoms with E-state index in [1.807, 2.05) is 24.3 Å². The lowest BCUT2D eigenvalue weighted by Crippen LogP contribution is -2.40. The van der Waals surface area contributed by atoms with Crippen LogP contribution < -0.4 is 11.1 Å². The van der Waals surface area contributed by atoms with Crippen molar-refractivity contribution in [3.63, 3.8) is 0 Å². The molecule has 1 aromatic rings. The van der Waals surface area contributed by atoms with Gasteiger partial charge in [0.2, 0.25) is 5.91 Å². The Morgan fingerprint density at radius 1 is 1.42 bits per heavy atom. The van der Waals surface area contributed by atoms with Crippen LogP contribution in [0, 0.1) is 5.41 Å². The van der Waals surface area contributed by atoms with Crippen molar-refractivity contribution < 1.29 is 9.53 Å². The van der Waals surface area contributed by atoms with Crippen LogP contribution in [0.5, 0.6) is 0 Å². The van der Waals surface area contributed by atoms with Crippen molar-refractivity contribution >= 4 is 11.6 Å². The highest BCUT2D eigenvalue weighted by Crippen LogP contribution is 2.38. The molecule has 1 aliphatic carbocycles. The molecule has 0 bridgehead atoms. The van der Waals surface area contributed by atoms with Crippen LogP contribution in [0.25, 0.3) is 0 Å². The number of benzene rings is 1. The first-order chi connectivity index (χ1) is 9.20. The number of amides is 1. The maximum atomic E-state index is 12.4. The summed E-state index contributed by atoms with van der Waals surface area (Å²) in [6.45, 7) is 0.975. The van der Waals surface area contributed by atoms with E-state index in [4.69, 9.17) is 10.5 Å². The molecule has 0 atom stereocenters. The standard InChI is InChI=1S/C15H22N2O2/c1-19-10-12-5-4-6-13(9-12)17-14(18)15(11-16)7-2-3-8-15/h4-6,9H,2-3,7-8,10-11,16H2,1H3,(H,17,18). The van der Waals surface area contributed by atoms with Crippen molar-refractivity contribution in [2.75, 3.05) is 19.0 Å². The molecule has 0 radical (unpaired) electrons. The third-order valence-corrected chi connectivity index (χ3v) is 3.93. The molecule has 0 heterocycles. The fourth-order valence-electron chi connectivity index (χ4n) is 2.74. The maximum absolute atomic E-state index is 12.4. The number of rotatable bonds is 5. The number of nitrogens with two attached hydrogens (primary N) is 1. The number of carbonyl (C=O) groups excluding carboxylic acids is 1. The van der Waals surface area contributed by atoms with Gasteiger partial charge >= 0.3 is 0 Å². The van der Waals surface area contributed by atoms with E-state index in [1.54, 1.807) is 7.11 Å². The lowest BCUT2D eigenvalue weighted by atomic mass is 9.85. The highest BCUT2D eigenvalue weighted by Gasteiger charge is 2.39. The zero-order chi connectivity index (χ0) is 13.7. The van der Waals surface area contributed by atoms with Gasteiger partial charge in [0, 0.05) is 19.3 Å². The third-order valence-electron chi connectivity index (χ3n) is 3.93. The number of carbonyl (C=O) groups is 1. The minimum Gasteiger partial charge on any atom is -0.380 e. The molecule has 104 valence electrons. The van der Waals surface area contributed by atoms with Crippen LogP contribution in [-0.2, 0) is 16.1 Å². The SMILES string of the molecule is COCc1cccc(NC(=O)C2(CN)CCCC2)c1. The molecule has 0 saturated heterocycles. The van der Waals surface area contributed by atoms with Crippen LogP contribution in [0.1, 0.15) is 31.2 Å². The molecule has 0 aliphatic heterocycles. The van der Waals surface area contributed by atoms with Crippen molar-refractivity contribution in [1.29, 1.82) is 0 Å². The Morgan fingerprint density at radius 2 is 2.16 bits per heavy atom. The van der Waals surface area contributed by atoms with Gasteiger partial charge in [-0.1, -0.05) is 25.0 Å². The van der Waals surface area contributed by atoms with E-state index in [9.17, 15) is 4.79 Å². The Labute approximate surface area is 114 Å². The zero-order valence-electron chi connectivity index (χ0n) is 11.4. The molecule has 19 heavy (non-hydrogen) atoms. The van der Waals surface area contributed by atoms with E-state index in [0.29, 0.717) is 13.2 Å². The Morgan fingerprint density at radius 3 is 2.79 bits per heavy atom. The van der Waals surface area contributed by atoms with Gasteiger partial charge in [0.15, 0.2) is 0 Å². The Kier molecular flexibility index (Phi) is 4.56. The Hall–Kier alpha value is -1.39. The van der Waals surface area contributed by atoms with Gasteiger partial charge in [-0.25, -0.2) is 0 Å². The van der Waals surface area contributed by atoms with Gasteiger partial charge < -0.3 is 15.8 Å².